The first-order valence-electron chi connectivity index (χ1n) is 5.81. The number of ether oxygens (including phenoxy) is 3. The van der Waals surface area contributed by atoms with Crippen molar-refractivity contribution in [1.82, 2.24) is 0 Å². The number of aromatic carboxylic acids is 1. The highest BCUT2D eigenvalue weighted by molar-refractivity contribution is 6.31. The average Bonchev–Trinajstić information content (AvgIpc) is 2.39. The standard InChI is InChI=1S/C13H17ClO5/c1-17-4-5-18-6-7-19-9-11-3-2-10(13(15)16)8-12(11)14/h2-3,8H,4-7,9H2,1H3,(H,15,16). The van der Waals surface area contributed by atoms with Gasteiger partial charge in [-0.15, -0.1) is 0 Å². The number of halogens is 1. The van der Waals surface area contributed by atoms with Crippen LogP contribution in [0.4, 0.5) is 0 Å². The molecule has 0 atom stereocenters. The van der Waals surface area contributed by atoms with Gasteiger partial charge in [0.05, 0.1) is 38.6 Å². The highest BCUT2D eigenvalue weighted by Gasteiger charge is 2.06. The summed E-state index contributed by atoms with van der Waals surface area (Å²) in [4.78, 5) is 10.7. The molecule has 1 aromatic rings. The first-order valence-corrected chi connectivity index (χ1v) is 6.19. The van der Waals surface area contributed by atoms with Crippen LogP contribution >= 0.6 is 11.6 Å². The van der Waals surface area contributed by atoms with Crippen molar-refractivity contribution in [2.75, 3.05) is 33.5 Å². The first kappa shape index (κ1) is 15.9. The Labute approximate surface area is 117 Å². The molecule has 0 saturated heterocycles. The number of rotatable bonds is 9. The van der Waals surface area contributed by atoms with E-state index in [2.05, 4.69) is 0 Å². The van der Waals surface area contributed by atoms with Gasteiger partial charge in [0, 0.05) is 12.1 Å². The normalized spacial score (nSPS) is 10.6. The number of methoxy groups -OCH3 is 1. The van der Waals surface area contributed by atoms with Gasteiger partial charge in [-0.25, -0.2) is 4.79 Å². The zero-order valence-electron chi connectivity index (χ0n) is 10.7. The van der Waals surface area contributed by atoms with Crippen LogP contribution in [0.2, 0.25) is 5.02 Å². The van der Waals surface area contributed by atoms with Gasteiger partial charge in [-0.05, 0) is 17.7 Å². The molecule has 0 unspecified atom stereocenters. The van der Waals surface area contributed by atoms with Crippen molar-refractivity contribution in [2.24, 2.45) is 0 Å². The van der Waals surface area contributed by atoms with E-state index in [-0.39, 0.29) is 5.56 Å². The van der Waals surface area contributed by atoms with Gasteiger partial charge in [0.2, 0.25) is 0 Å². The Kier molecular flexibility index (Phi) is 7.43. The summed E-state index contributed by atoms with van der Waals surface area (Å²) in [6, 6.07) is 4.57. The van der Waals surface area contributed by atoms with Crippen molar-refractivity contribution in [3.8, 4) is 0 Å². The lowest BCUT2D eigenvalue weighted by Gasteiger charge is -2.07. The minimum atomic E-state index is -0.999. The van der Waals surface area contributed by atoms with E-state index in [1.54, 1.807) is 13.2 Å². The Morgan fingerprint density at radius 1 is 1.21 bits per heavy atom. The molecule has 0 saturated carbocycles. The van der Waals surface area contributed by atoms with Gasteiger partial charge in [-0.1, -0.05) is 17.7 Å². The molecule has 0 spiro atoms. The molecule has 0 amide bonds. The average molecular weight is 289 g/mol. The molecule has 0 aliphatic rings. The molecule has 19 heavy (non-hydrogen) atoms. The van der Waals surface area contributed by atoms with Crippen molar-refractivity contribution in [3.63, 3.8) is 0 Å². The van der Waals surface area contributed by atoms with Crippen molar-refractivity contribution in [2.45, 2.75) is 6.61 Å². The third-order valence-corrected chi connectivity index (χ3v) is 2.71. The van der Waals surface area contributed by atoms with Crippen LogP contribution in [0, 0.1) is 0 Å². The van der Waals surface area contributed by atoms with Crippen LogP contribution in [0.3, 0.4) is 0 Å². The molecule has 6 heteroatoms. The lowest BCUT2D eigenvalue weighted by atomic mass is 10.1. The van der Waals surface area contributed by atoms with Crippen LogP contribution in [0.15, 0.2) is 18.2 Å². The SMILES string of the molecule is COCCOCCOCc1ccc(C(=O)O)cc1Cl. The molecule has 0 radical (unpaired) electrons. The van der Waals surface area contributed by atoms with Gasteiger partial charge in [-0.2, -0.15) is 0 Å². The minimum absolute atomic E-state index is 0.164. The highest BCUT2D eigenvalue weighted by atomic mass is 35.5. The van der Waals surface area contributed by atoms with E-state index in [0.717, 1.165) is 5.56 Å². The lowest BCUT2D eigenvalue weighted by Crippen LogP contribution is -2.08. The summed E-state index contributed by atoms with van der Waals surface area (Å²) < 4.78 is 15.4. The van der Waals surface area contributed by atoms with Crippen molar-refractivity contribution < 1.29 is 24.1 Å². The molecular weight excluding hydrogens is 272 g/mol. The molecule has 106 valence electrons. The molecule has 5 nitrogen and oxygen atoms in total. The molecule has 0 bridgehead atoms. The Balaban J connectivity index is 2.28. The quantitative estimate of drug-likeness (QED) is 0.706. The van der Waals surface area contributed by atoms with E-state index in [1.807, 2.05) is 0 Å². The van der Waals surface area contributed by atoms with Crippen LogP contribution < -0.4 is 0 Å². The van der Waals surface area contributed by atoms with E-state index in [9.17, 15) is 4.79 Å². The predicted octanol–water partition coefficient (Wildman–Crippen LogP) is 2.22. The van der Waals surface area contributed by atoms with E-state index in [1.165, 1.54) is 12.1 Å². The summed E-state index contributed by atoms with van der Waals surface area (Å²) in [5, 5.41) is 9.19. The van der Waals surface area contributed by atoms with Crippen LogP contribution in [-0.4, -0.2) is 44.6 Å². The zero-order valence-corrected chi connectivity index (χ0v) is 11.5. The van der Waals surface area contributed by atoms with Crippen molar-refractivity contribution >= 4 is 17.6 Å². The Morgan fingerprint density at radius 3 is 2.53 bits per heavy atom. The van der Waals surface area contributed by atoms with Crippen LogP contribution in [-0.2, 0) is 20.8 Å². The molecular formula is C13H17ClO5. The maximum Gasteiger partial charge on any atom is 0.335 e. The third-order valence-electron chi connectivity index (χ3n) is 2.36. The fourth-order valence-corrected chi connectivity index (χ4v) is 1.58. The number of hydrogen-bond acceptors (Lipinski definition) is 4. The zero-order chi connectivity index (χ0) is 14.1. The summed E-state index contributed by atoms with van der Waals surface area (Å²) in [5.74, 6) is -0.999. The lowest BCUT2D eigenvalue weighted by molar-refractivity contribution is 0.0200. The van der Waals surface area contributed by atoms with Crippen LogP contribution in [0.1, 0.15) is 15.9 Å². The summed E-state index contributed by atoms with van der Waals surface area (Å²) in [5.41, 5.74) is 0.917. The molecule has 0 aliphatic heterocycles. The second-order valence-corrected chi connectivity index (χ2v) is 4.18. The Bertz CT molecular complexity index is 408. The second kappa shape index (κ2) is 8.87. The molecule has 0 heterocycles. The van der Waals surface area contributed by atoms with Gasteiger partial charge < -0.3 is 19.3 Å². The summed E-state index contributed by atoms with van der Waals surface area (Å²) in [6.07, 6.45) is 0. The number of carboxylic acids is 1. The Morgan fingerprint density at radius 2 is 1.89 bits per heavy atom. The number of carbonyl (C=O) groups is 1. The maximum absolute atomic E-state index is 10.7. The molecule has 1 N–H and O–H groups in total. The van der Waals surface area contributed by atoms with Gasteiger partial charge in [0.25, 0.3) is 0 Å². The second-order valence-electron chi connectivity index (χ2n) is 3.77. The summed E-state index contributed by atoms with van der Waals surface area (Å²) >= 11 is 5.96. The first-order chi connectivity index (χ1) is 9.15. The molecule has 0 aliphatic carbocycles. The highest BCUT2D eigenvalue weighted by Crippen LogP contribution is 2.18. The largest absolute Gasteiger partial charge is 0.478 e. The van der Waals surface area contributed by atoms with Gasteiger partial charge in [0.15, 0.2) is 0 Å². The number of benzene rings is 1. The van der Waals surface area contributed by atoms with Crippen molar-refractivity contribution in [1.29, 1.82) is 0 Å². The third kappa shape index (κ3) is 6.02. The molecule has 1 aromatic carbocycles. The van der Waals surface area contributed by atoms with E-state index in [0.29, 0.717) is 38.1 Å². The maximum atomic E-state index is 10.7. The number of hydrogen-bond donors (Lipinski definition) is 1. The fourth-order valence-electron chi connectivity index (χ4n) is 1.34. The monoisotopic (exact) mass is 288 g/mol. The fraction of sp³-hybridized carbons (Fsp3) is 0.462. The molecule has 1 rings (SSSR count). The van der Waals surface area contributed by atoms with E-state index < -0.39 is 5.97 Å². The van der Waals surface area contributed by atoms with Crippen molar-refractivity contribution in [3.05, 3.63) is 34.3 Å². The van der Waals surface area contributed by atoms with Crippen LogP contribution in [0.5, 0.6) is 0 Å². The number of carboxylic acid groups (broad SMARTS) is 1. The van der Waals surface area contributed by atoms with E-state index in [4.69, 9.17) is 30.9 Å². The van der Waals surface area contributed by atoms with E-state index >= 15 is 0 Å². The summed E-state index contributed by atoms with van der Waals surface area (Å²) in [7, 11) is 1.61. The topological polar surface area (TPSA) is 65.0 Å². The Hall–Kier alpha value is -1.14. The molecule has 0 fully saturated rings. The van der Waals surface area contributed by atoms with Gasteiger partial charge in [-0.3, -0.25) is 0 Å². The van der Waals surface area contributed by atoms with Gasteiger partial charge in [0.1, 0.15) is 0 Å². The smallest absolute Gasteiger partial charge is 0.335 e. The van der Waals surface area contributed by atoms with Gasteiger partial charge >= 0.3 is 5.97 Å². The minimum Gasteiger partial charge on any atom is -0.478 e. The predicted molar refractivity (Wildman–Crippen MR) is 70.8 cm³/mol. The molecule has 0 aromatic heterocycles. The summed E-state index contributed by atoms with van der Waals surface area (Å²) in [6.45, 7) is 2.34. The van der Waals surface area contributed by atoms with Crippen LogP contribution in [0.25, 0.3) is 0 Å².